The van der Waals surface area contributed by atoms with E-state index in [4.69, 9.17) is 14.2 Å². The highest BCUT2D eigenvalue weighted by Gasteiger charge is 2.24. The average molecular weight is 562 g/mol. The van der Waals surface area contributed by atoms with Crippen LogP contribution in [0.25, 0.3) is 10.8 Å². The van der Waals surface area contributed by atoms with Crippen molar-refractivity contribution in [2.24, 2.45) is 0 Å². The fourth-order valence-electron chi connectivity index (χ4n) is 5.10. The number of fused-ring (bicyclic) bond motifs is 1. The number of nitrogens with one attached hydrogen (secondary N) is 2. The molecule has 1 amide bonds. The topological polar surface area (TPSA) is 89.1 Å². The molecule has 8 nitrogen and oxygen atoms in total. The highest BCUT2D eigenvalue weighted by Crippen LogP contribution is 2.27. The summed E-state index contributed by atoms with van der Waals surface area (Å²) in [6.45, 7) is 10.7. The summed E-state index contributed by atoms with van der Waals surface area (Å²) in [7, 11) is 0. The highest BCUT2D eigenvalue weighted by atomic mass is 16.6. The number of carbonyl (C=O) groups is 2. The molecule has 1 aliphatic heterocycles. The predicted octanol–water partition coefficient (Wildman–Crippen LogP) is 5.40. The van der Waals surface area contributed by atoms with E-state index in [1.54, 1.807) is 0 Å². The van der Waals surface area contributed by atoms with Crippen molar-refractivity contribution in [1.29, 1.82) is 0 Å². The van der Waals surface area contributed by atoms with Crippen LogP contribution in [0.2, 0.25) is 0 Å². The van der Waals surface area contributed by atoms with Gasteiger partial charge in [0.1, 0.15) is 12.2 Å². The zero-order valence-electron chi connectivity index (χ0n) is 24.7. The smallest absolute Gasteiger partial charge is 0.407 e. The fraction of sp³-hybridized carbons (Fsp3) is 0.455. The maximum Gasteiger partial charge on any atom is 0.407 e. The Labute approximate surface area is 243 Å². The molecule has 2 N–H and O–H groups in total. The van der Waals surface area contributed by atoms with E-state index in [0.717, 1.165) is 30.8 Å². The molecule has 0 unspecified atom stereocenters. The van der Waals surface area contributed by atoms with E-state index >= 15 is 0 Å². The van der Waals surface area contributed by atoms with Crippen molar-refractivity contribution < 1.29 is 23.8 Å². The SMILES string of the molecule is C[C@@H](N[C@H]1CCN(c2ccc(CC(=O)OCCOCCNC(=O)OC(C)(C)C)cc2)C1)c1cccc2ccccc12. The molecule has 220 valence electrons. The number of hydrogen-bond acceptors (Lipinski definition) is 7. The van der Waals surface area contributed by atoms with Crippen LogP contribution >= 0.6 is 0 Å². The number of nitrogens with zero attached hydrogens (tertiary/aromatic N) is 1. The molecule has 0 aromatic heterocycles. The van der Waals surface area contributed by atoms with Gasteiger partial charge < -0.3 is 29.7 Å². The lowest BCUT2D eigenvalue weighted by molar-refractivity contribution is -0.144. The molecule has 8 heteroatoms. The molecular formula is C33H43N3O5. The Morgan fingerprint density at radius 1 is 0.976 bits per heavy atom. The lowest BCUT2D eigenvalue weighted by atomic mass is 9.99. The minimum Gasteiger partial charge on any atom is -0.463 e. The first-order valence-electron chi connectivity index (χ1n) is 14.5. The molecule has 0 radical (unpaired) electrons. The summed E-state index contributed by atoms with van der Waals surface area (Å²) < 4.78 is 15.8. The van der Waals surface area contributed by atoms with Gasteiger partial charge in [0, 0.05) is 37.4 Å². The number of hydrogen-bond donors (Lipinski definition) is 2. The van der Waals surface area contributed by atoms with E-state index < -0.39 is 11.7 Å². The summed E-state index contributed by atoms with van der Waals surface area (Å²) in [5.74, 6) is -0.291. The second-order valence-electron chi connectivity index (χ2n) is 11.5. The molecule has 1 aliphatic rings. The molecular weight excluding hydrogens is 518 g/mol. The summed E-state index contributed by atoms with van der Waals surface area (Å²) in [5, 5.41) is 9.03. The molecule has 3 aromatic carbocycles. The number of rotatable bonds is 12. The molecule has 1 saturated heterocycles. The van der Waals surface area contributed by atoms with Crippen LogP contribution in [0.5, 0.6) is 0 Å². The number of alkyl carbamates (subject to hydrolysis) is 1. The van der Waals surface area contributed by atoms with Crippen LogP contribution in [-0.4, -0.2) is 63.2 Å². The molecule has 0 aliphatic carbocycles. The van der Waals surface area contributed by atoms with Crippen LogP contribution in [0.1, 0.15) is 51.3 Å². The summed E-state index contributed by atoms with van der Waals surface area (Å²) in [4.78, 5) is 26.2. The van der Waals surface area contributed by atoms with Gasteiger partial charge >= 0.3 is 12.1 Å². The first-order valence-corrected chi connectivity index (χ1v) is 14.5. The van der Waals surface area contributed by atoms with Crippen molar-refractivity contribution in [3.63, 3.8) is 0 Å². The number of ether oxygens (including phenoxy) is 3. The van der Waals surface area contributed by atoms with Crippen LogP contribution in [0.15, 0.2) is 66.7 Å². The Bertz CT molecular complexity index is 1280. The van der Waals surface area contributed by atoms with Gasteiger partial charge in [0.05, 0.1) is 19.6 Å². The van der Waals surface area contributed by atoms with Crippen LogP contribution in [-0.2, 0) is 25.4 Å². The van der Waals surface area contributed by atoms with Crippen LogP contribution in [0.3, 0.4) is 0 Å². The summed E-state index contributed by atoms with van der Waals surface area (Å²) in [5.41, 5.74) is 2.88. The minimum atomic E-state index is -0.536. The van der Waals surface area contributed by atoms with Gasteiger partial charge in [-0.1, -0.05) is 54.6 Å². The second-order valence-corrected chi connectivity index (χ2v) is 11.5. The Morgan fingerprint density at radius 3 is 2.51 bits per heavy atom. The number of benzene rings is 3. The third kappa shape index (κ3) is 9.47. The molecule has 1 heterocycles. The lowest BCUT2D eigenvalue weighted by Gasteiger charge is -2.23. The van der Waals surface area contributed by atoms with Gasteiger partial charge in [-0.25, -0.2) is 4.79 Å². The van der Waals surface area contributed by atoms with Gasteiger partial charge in [-0.15, -0.1) is 0 Å². The zero-order chi connectivity index (χ0) is 29.2. The standard InChI is InChI=1S/C33H43N3O5/c1-24(29-11-7-9-26-8-5-6-10-30(26)29)35-27-16-18-36(23-27)28-14-12-25(13-15-28)22-31(37)40-21-20-39-19-17-34-32(38)41-33(2,3)4/h5-15,24,27,35H,16-23H2,1-4H3,(H,34,38)/t24-,27+/m1/s1. The Balaban J connectivity index is 1.13. The first kappa shape index (κ1) is 30.3. The van der Waals surface area contributed by atoms with E-state index in [1.807, 2.05) is 32.9 Å². The van der Waals surface area contributed by atoms with Gasteiger partial charge in [-0.05, 0) is 68.1 Å². The molecule has 41 heavy (non-hydrogen) atoms. The van der Waals surface area contributed by atoms with Gasteiger partial charge in [0.2, 0.25) is 0 Å². The van der Waals surface area contributed by atoms with Gasteiger partial charge in [-0.2, -0.15) is 0 Å². The fourth-order valence-corrected chi connectivity index (χ4v) is 5.10. The van der Waals surface area contributed by atoms with Crippen molar-refractivity contribution in [1.82, 2.24) is 10.6 Å². The van der Waals surface area contributed by atoms with E-state index in [-0.39, 0.29) is 31.6 Å². The van der Waals surface area contributed by atoms with E-state index in [1.165, 1.54) is 16.3 Å². The Hall–Kier alpha value is -3.62. The maximum absolute atomic E-state index is 12.2. The lowest BCUT2D eigenvalue weighted by Crippen LogP contribution is -2.34. The normalized spacial score (nSPS) is 16.0. The largest absolute Gasteiger partial charge is 0.463 e. The number of amides is 1. The van der Waals surface area contributed by atoms with E-state index in [0.29, 0.717) is 19.2 Å². The highest BCUT2D eigenvalue weighted by molar-refractivity contribution is 5.86. The number of carbonyl (C=O) groups excluding carboxylic acids is 2. The molecule has 0 saturated carbocycles. The van der Waals surface area contributed by atoms with Gasteiger partial charge in [0.25, 0.3) is 0 Å². The van der Waals surface area contributed by atoms with Crippen molar-refractivity contribution in [2.45, 2.75) is 58.2 Å². The maximum atomic E-state index is 12.2. The summed E-state index contributed by atoms with van der Waals surface area (Å²) >= 11 is 0. The zero-order valence-corrected chi connectivity index (χ0v) is 24.7. The predicted molar refractivity (Wildman–Crippen MR) is 162 cm³/mol. The Kier molecular flexibility index (Phi) is 10.6. The average Bonchev–Trinajstić information content (AvgIpc) is 3.40. The minimum absolute atomic E-state index is 0.169. The van der Waals surface area contributed by atoms with Crippen LogP contribution in [0.4, 0.5) is 10.5 Å². The molecule has 4 rings (SSSR count). The second kappa shape index (κ2) is 14.3. The van der Waals surface area contributed by atoms with Crippen molar-refractivity contribution in [3.8, 4) is 0 Å². The number of anilines is 1. The molecule has 0 bridgehead atoms. The molecule has 2 atom stereocenters. The van der Waals surface area contributed by atoms with Gasteiger partial charge in [0.15, 0.2) is 0 Å². The third-order valence-corrected chi connectivity index (χ3v) is 7.02. The van der Waals surface area contributed by atoms with Crippen molar-refractivity contribution in [2.75, 3.05) is 44.4 Å². The molecule has 3 aromatic rings. The first-order chi connectivity index (χ1) is 19.7. The molecule has 1 fully saturated rings. The van der Waals surface area contributed by atoms with Gasteiger partial charge in [-0.3, -0.25) is 4.79 Å². The monoisotopic (exact) mass is 561 g/mol. The van der Waals surface area contributed by atoms with Crippen molar-refractivity contribution in [3.05, 3.63) is 77.9 Å². The van der Waals surface area contributed by atoms with Crippen molar-refractivity contribution >= 4 is 28.5 Å². The summed E-state index contributed by atoms with van der Waals surface area (Å²) in [6.07, 6.45) is 0.821. The molecule has 0 spiro atoms. The van der Waals surface area contributed by atoms with Crippen LogP contribution in [0, 0.1) is 0 Å². The van der Waals surface area contributed by atoms with Crippen LogP contribution < -0.4 is 15.5 Å². The van der Waals surface area contributed by atoms with E-state index in [9.17, 15) is 9.59 Å². The quantitative estimate of drug-likeness (QED) is 0.226. The number of esters is 1. The Morgan fingerprint density at radius 2 is 1.73 bits per heavy atom. The summed E-state index contributed by atoms with van der Waals surface area (Å²) in [6, 6.07) is 23.9. The third-order valence-electron chi connectivity index (χ3n) is 7.02. The van der Waals surface area contributed by atoms with E-state index in [2.05, 4.69) is 77.1 Å².